The average molecular weight is 359 g/mol. The molecule has 1 fully saturated rings. The van der Waals surface area contributed by atoms with Crippen LogP contribution in [0.25, 0.3) is 11.3 Å². The molecule has 5 nitrogen and oxygen atoms in total. The Bertz CT molecular complexity index is 744. The number of nitrogens with zero attached hydrogens (tertiary/aromatic N) is 2. The van der Waals surface area contributed by atoms with Crippen molar-refractivity contribution in [3.05, 3.63) is 35.5 Å². The lowest BCUT2D eigenvalue weighted by atomic mass is 9.89. The molecule has 3 rings (SSSR count). The number of hydrogen-bond donors (Lipinski definition) is 2. The molecule has 1 aliphatic rings. The standard InChI is InChI=1S/C19H23ClN4O/c1-2-21-17-10-6-9-16(23-17)14-11-18(22-12-15(14)20)24-19(25)13-7-4-3-5-8-13/h6,9-13H,2-5,7-8H2,1H3,(H,21,23)(H,22,24,25). The first-order chi connectivity index (χ1) is 12.2. The van der Waals surface area contributed by atoms with Crippen molar-refractivity contribution in [1.82, 2.24) is 9.97 Å². The van der Waals surface area contributed by atoms with Gasteiger partial charge in [-0.2, -0.15) is 0 Å². The van der Waals surface area contributed by atoms with Gasteiger partial charge in [-0.15, -0.1) is 0 Å². The molecular weight excluding hydrogens is 336 g/mol. The number of rotatable bonds is 5. The van der Waals surface area contributed by atoms with Gasteiger partial charge in [0.1, 0.15) is 11.6 Å². The Balaban J connectivity index is 1.80. The van der Waals surface area contributed by atoms with Gasteiger partial charge in [0.15, 0.2) is 0 Å². The lowest BCUT2D eigenvalue weighted by Gasteiger charge is -2.20. The van der Waals surface area contributed by atoms with E-state index in [9.17, 15) is 4.79 Å². The van der Waals surface area contributed by atoms with Gasteiger partial charge in [-0.05, 0) is 38.0 Å². The lowest BCUT2D eigenvalue weighted by molar-refractivity contribution is -0.120. The summed E-state index contributed by atoms with van der Waals surface area (Å²) >= 11 is 6.31. The van der Waals surface area contributed by atoms with Crippen LogP contribution in [0.15, 0.2) is 30.5 Å². The Morgan fingerprint density at radius 3 is 2.80 bits per heavy atom. The van der Waals surface area contributed by atoms with E-state index in [4.69, 9.17) is 11.6 Å². The third-order valence-electron chi connectivity index (χ3n) is 4.47. The Hall–Kier alpha value is -2.14. The van der Waals surface area contributed by atoms with E-state index in [-0.39, 0.29) is 11.8 Å². The summed E-state index contributed by atoms with van der Waals surface area (Å²) in [6.45, 7) is 2.82. The second-order valence-corrected chi connectivity index (χ2v) is 6.72. The van der Waals surface area contributed by atoms with Crippen molar-refractivity contribution in [3.8, 4) is 11.3 Å². The highest BCUT2D eigenvalue weighted by atomic mass is 35.5. The van der Waals surface area contributed by atoms with E-state index in [0.717, 1.165) is 49.3 Å². The largest absolute Gasteiger partial charge is 0.370 e. The fraction of sp³-hybridized carbons (Fsp3) is 0.421. The van der Waals surface area contributed by atoms with Gasteiger partial charge in [0.05, 0.1) is 10.7 Å². The van der Waals surface area contributed by atoms with Crippen molar-refractivity contribution in [1.29, 1.82) is 0 Å². The van der Waals surface area contributed by atoms with Gasteiger partial charge in [0.25, 0.3) is 0 Å². The predicted octanol–water partition coefficient (Wildman–Crippen LogP) is 4.75. The highest BCUT2D eigenvalue weighted by Crippen LogP contribution is 2.30. The quantitative estimate of drug-likeness (QED) is 0.809. The third kappa shape index (κ3) is 4.48. The maximum atomic E-state index is 12.4. The molecular formula is C19H23ClN4O. The molecule has 0 saturated heterocycles. The van der Waals surface area contributed by atoms with Crippen LogP contribution in [-0.4, -0.2) is 22.4 Å². The molecule has 2 N–H and O–H groups in total. The zero-order chi connectivity index (χ0) is 17.6. The summed E-state index contributed by atoms with van der Waals surface area (Å²) in [4.78, 5) is 21.2. The zero-order valence-corrected chi connectivity index (χ0v) is 15.1. The van der Waals surface area contributed by atoms with Crippen molar-refractivity contribution >= 4 is 29.1 Å². The van der Waals surface area contributed by atoms with Gasteiger partial charge in [0.2, 0.25) is 5.91 Å². The second-order valence-electron chi connectivity index (χ2n) is 6.31. The first-order valence-electron chi connectivity index (χ1n) is 8.85. The van der Waals surface area contributed by atoms with E-state index >= 15 is 0 Å². The molecule has 2 heterocycles. The summed E-state index contributed by atoms with van der Waals surface area (Å²) in [6.07, 6.45) is 6.95. The minimum absolute atomic E-state index is 0.0508. The van der Waals surface area contributed by atoms with Crippen LogP contribution in [0.1, 0.15) is 39.0 Å². The SMILES string of the molecule is CCNc1cccc(-c2cc(NC(=O)C3CCCCC3)ncc2Cl)n1. The molecule has 132 valence electrons. The summed E-state index contributed by atoms with van der Waals surface area (Å²) in [6, 6.07) is 7.53. The van der Waals surface area contributed by atoms with Gasteiger partial charge in [0, 0.05) is 24.2 Å². The third-order valence-corrected chi connectivity index (χ3v) is 4.77. The average Bonchev–Trinajstić information content (AvgIpc) is 2.64. The Morgan fingerprint density at radius 1 is 1.24 bits per heavy atom. The normalized spacial score (nSPS) is 15.0. The van der Waals surface area contributed by atoms with E-state index in [2.05, 4.69) is 20.6 Å². The number of amides is 1. The Morgan fingerprint density at radius 2 is 2.04 bits per heavy atom. The molecule has 0 aromatic carbocycles. The van der Waals surface area contributed by atoms with Crippen molar-refractivity contribution in [2.24, 2.45) is 5.92 Å². The fourth-order valence-corrected chi connectivity index (χ4v) is 3.36. The molecule has 2 aromatic rings. The topological polar surface area (TPSA) is 66.9 Å². The summed E-state index contributed by atoms with van der Waals surface area (Å²) in [5.41, 5.74) is 1.51. The smallest absolute Gasteiger partial charge is 0.228 e. The van der Waals surface area contributed by atoms with Crippen molar-refractivity contribution in [2.45, 2.75) is 39.0 Å². The first-order valence-corrected chi connectivity index (χ1v) is 9.23. The maximum absolute atomic E-state index is 12.4. The maximum Gasteiger partial charge on any atom is 0.228 e. The molecule has 1 saturated carbocycles. The number of aromatic nitrogens is 2. The van der Waals surface area contributed by atoms with Crippen LogP contribution in [0.5, 0.6) is 0 Å². The molecule has 0 bridgehead atoms. The number of pyridine rings is 2. The molecule has 1 amide bonds. The number of carbonyl (C=O) groups excluding carboxylic acids is 1. The molecule has 1 aliphatic carbocycles. The lowest BCUT2D eigenvalue weighted by Crippen LogP contribution is -2.25. The fourth-order valence-electron chi connectivity index (χ4n) is 3.16. The molecule has 6 heteroatoms. The van der Waals surface area contributed by atoms with Gasteiger partial charge in [-0.25, -0.2) is 9.97 Å². The zero-order valence-electron chi connectivity index (χ0n) is 14.4. The first kappa shape index (κ1) is 17.7. The number of anilines is 2. The Labute approximate surface area is 153 Å². The van der Waals surface area contributed by atoms with Gasteiger partial charge >= 0.3 is 0 Å². The monoisotopic (exact) mass is 358 g/mol. The van der Waals surface area contributed by atoms with Crippen molar-refractivity contribution < 1.29 is 4.79 Å². The van der Waals surface area contributed by atoms with Crippen LogP contribution >= 0.6 is 11.6 Å². The van der Waals surface area contributed by atoms with Crippen molar-refractivity contribution in [3.63, 3.8) is 0 Å². The van der Waals surface area contributed by atoms with Crippen LogP contribution in [-0.2, 0) is 4.79 Å². The van der Waals surface area contributed by atoms with Crippen LogP contribution in [0.3, 0.4) is 0 Å². The molecule has 0 atom stereocenters. The van der Waals surface area contributed by atoms with E-state index in [0.29, 0.717) is 10.8 Å². The van der Waals surface area contributed by atoms with E-state index in [1.54, 1.807) is 12.3 Å². The Kier molecular flexibility index (Phi) is 5.87. The van der Waals surface area contributed by atoms with E-state index < -0.39 is 0 Å². The summed E-state index contributed by atoms with van der Waals surface area (Å²) in [5.74, 6) is 1.45. The predicted molar refractivity (Wildman–Crippen MR) is 102 cm³/mol. The number of hydrogen-bond acceptors (Lipinski definition) is 4. The summed E-state index contributed by atoms with van der Waals surface area (Å²) in [5, 5.41) is 6.64. The minimum Gasteiger partial charge on any atom is -0.370 e. The van der Waals surface area contributed by atoms with E-state index in [1.165, 1.54) is 6.42 Å². The summed E-state index contributed by atoms with van der Waals surface area (Å²) < 4.78 is 0. The molecule has 0 aliphatic heterocycles. The van der Waals surface area contributed by atoms with Crippen LogP contribution in [0.4, 0.5) is 11.6 Å². The molecule has 0 radical (unpaired) electrons. The second kappa shape index (κ2) is 8.30. The number of nitrogens with one attached hydrogen (secondary N) is 2. The van der Waals surface area contributed by atoms with Crippen LogP contribution in [0.2, 0.25) is 5.02 Å². The summed E-state index contributed by atoms with van der Waals surface area (Å²) in [7, 11) is 0. The van der Waals surface area contributed by atoms with E-state index in [1.807, 2.05) is 25.1 Å². The van der Waals surface area contributed by atoms with Gasteiger partial charge in [-0.1, -0.05) is 36.9 Å². The minimum atomic E-state index is 0.0508. The van der Waals surface area contributed by atoms with Crippen LogP contribution in [0, 0.1) is 5.92 Å². The molecule has 2 aromatic heterocycles. The highest BCUT2D eigenvalue weighted by molar-refractivity contribution is 6.33. The number of carbonyl (C=O) groups is 1. The van der Waals surface area contributed by atoms with Gasteiger partial charge < -0.3 is 10.6 Å². The number of halogens is 1. The van der Waals surface area contributed by atoms with Gasteiger partial charge in [-0.3, -0.25) is 4.79 Å². The van der Waals surface area contributed by atoms with Crippen LogP contribution < -0.4 is 10.6 Å². The molecule has 0 unspecified atom stereocenters. The van der Waals surface area contributed by atoms with Crippen molar-refractivity contribution in [2.75, 3.05) is 17.2 Å². The molecule has 0 spiro atoms. The highest BCUT2D eigenvalue weighted by Gasteiger charge is 2.21. The molecule has 25 heavy (non-hydrogen) atoms.